The second-order valence-corrected chi connectivity index (χ2v) is 3.72. The topological polar surface area (TPSA) is 3.24 Å². The minimum absolute atomic E-state index is 0.454. The number of allylic oxidation sites excluding steroid dienone is 5. The molecule has 0 N–H and O–H groups in total. The summed E-state index contributed by atoms with van der Waals surface area (Å²) in [6.45, 7) is 4.34. The Morgan fingerprint density at radius 2 is 2.00 bits per heavy atom. The summed E-state index contributed by atoms with van der Waals surface area (Å²) in [5.41, 5.74) is 4.16. The minimum atomic E-state index is 0.454. The molecule has 2 aliphatic rings. The van der Waals surface area contributed by atoms with E-state index in [1.54, 1.807) is 0 Å². The molecule has 0 saturated carbocycles. The maximum Gasteiger partial charge on any atom is 0.0725 e. The van der Waals surface area contributed by atoms with E-state index in [0.29, 0.717) is 6.04 Å². The lowest BCUT2D eigenvalue weighted by atomic mass is 9.92. The molecule has 0 aromatic heterocycles. The van der Waals surface area contributed by atoms with Crippen molar-refractivity contribution in [2.75, 3.05) is 7.05 Å². The number of nitrogens with zero attached hydrogens (tertiary/aromatic N) is 1. The van der Waals surface area contributed by atoms with E-state index in [-0.39, 0.29) is 0 Å². The first kappa shape index (κ1) is 8.36. The van der Waals surface area contributed by atoms with Gasteiger partial charge in [0.15, 0.2) is 0 Å². The van der Waals surface area contributed by atoms with E-state index in [2.05, 4.69) is 56.2 Å². The summed E-state index contributed by atoms with van der Waals surface area (Å²) in [7, 11) is 2.15. The Balaban J connectivity index is 2.48. The fourth-order valence-electron chi connectivity index (χ4n) is 1.95. The van der Waals surface area contributed by atoms with Gasteiger partial charge in [-0.2, -0.15) is 0 Å². The maximum atomic E-state index is 2.31. The van der Waals surface area contributed by atoms with Crippen molar-refractivity contribution in [3.63, 3.8) is 0 Å². The van der Waals surface area contributed by atoms with Gasteiger partial charge in [-0.25, -0.2) is 0 Å². The quantitative estimate of drug-likeness (QED) is 0.544. The van der Waals surface area contributed by atoms with Crippen molar-refractivity contribution >= 4 is 0 Å². The lowest BCUT2D eigenvalue weighted by Crippen LogP contribution is -2.33. The molecule has 0 fully saturated rings. The third-order valence-electron chi connectivity index (χ3n) is 2.85. The highest BCUT2D eigenvalue weighted by Crippen LogP contribution is 2.28. The van der Waals surface area contributed by atoms with Gasteiger partial charge in [-0.3, -0.25) is 0 Å². The molecule has 0 saturated heterocycles. The van der Waals surface area contributed by atoms with Gasteiger partial charge in [-0.15, -0.1) is 0 Å². The Labute approximate surface area is 79.7 Å². The van der Waals surface area contributed by atoms with Gasteiger partial charge in [0.2, 0.25) is 0 Å². The first-order valence-corrected chi connectivity index (χ1v) is 4.67. The summed E-state index contributed by atoms with van der Waals surface area (Å²) < 4.78 is 0. The Morgan fingerprint density at radius 3 is 2.77 bits per heavy atom. The van der Waals surface area contributed by atoms with Crippen molar-refractivity contribution < 1.29 is 0 Å². The largest absolute Gasteiger partial charge is 0.368 e. The molecule has 0 aromatic carbocycles. The highest BCUT2D eigenvalue weighted by Gasteiger charge is 2.21. The molecule has 1 atom stereocenters. The molecular formula is C12H15N. The van der Waals surface area contributed by atoms with Gasteiger partial charge in [0.1, 0.15) is 0 Å². The third kappa shape index (κ3) is 1.24. The van der Waals surface area contributed by atoms with Crippen molar-refractivity contribution in [3.8, 4) is 0 Å². The Kier molecular flexibility index (Phi) is 1.87. The summed E-state index contributed by atoms with van der Waals surface area (Å²) in [5.74, 6) is 0. The lowest BCUT2D eigenvalue weighted by Gasteiger charge is -2.35. The molecule has 1 nitrogen and oxygen atoms in total. The average Bonchev–Trinajstić information content (AvgIpc) is 2.15. The smallest absolute Gasteiger partial charge is 0.0725 e. The van der Waals surface area contributed by atoms with Gasteiger partial charge < -0.3 is 4.90 Å². The highest BCUT2D eigenvalue weighted by atomic mass is 15.1. The SMILES string of the molecule is CC1=CC(C)=C2C=CC=CC2N1C. The molecule has 68 valence electrons. The molecule has 13 heavy (non-hydrogen) atoms. The molecule has 1 heteroatoms. The fourth-order valence-corrected chi connectivity index (χ4v) is 1.95. The van der Waals surface area contributed by atoms with Crippen molar-refractivity contribution in [2.45, 2.75) is 19.9 Å². The monoisotopic (exact) mass is 173 g/mol. The molecule has 1 aliphatic heterocycles. The zero-order valence-electron chi connectivity index (χ0n) is 8.41. The van der Waals surface area contributed by atoms with Gasteiger partial charge in [-0.1, -0.05) is 24.3 Å². The number of hydrogen-bond donors (Lipinski definition) is 0. The van der Waals surface area contributed by atoms with Gasteiger partial charge >= 0.3 is 0 Å². The van der Waals surface area contributed by atoms with Gasteiger partial charge in [-0.05, 0) is 31.1 Å². The summed E-state index contributed by atoms with van der Waals surface area (Å²) in [6, 6.07) is 0.454. The van der Waals surface area contributed by atoms with Gasteiger partial charge in [0, 0.05) is 12.7 Å². The predicted molar refractivity (Wildman–Crippen MR) is 56.3 cm³/mol. The van der Waals surface area contributed by atoms with E-state index in [1.165, 1.54) is 16.8 Å². The molecular weight excluding hydrogens is 158 g/mol. The molecule has 1 aliphatic carbocycles. The molecule has 2 rings (SSSR count). The first-order chi connectivity index (χ1) is 6.20. The van der Waals surface area contributed by atoms with Gasteiger partial charge in [0.25, 0.3) is 0 Å². The third-order valence-corrected chi connectivity index (χ3v) is 2.85. The van der Waals surface area contributed by atoms with Crippen molar-refractivity contribution in [2.24, 2.45) is 0 Å². The predicted octanol–water partition coefficient (Wildman–Crippen LogP) is 2.65. The summed E-state index contributed by atoms with van der Waals surface area (Å²) >= 11 is 0. The molecule has 1 unspecified atom stereocenters. The molecule has 0 aromatic rings. The zero-order valence-corrected chi connectivity index (χ0v) is 8.41. The van der Waals surface area contributed by atoms with Crippen LogP contribution < -0.4 is 0 Å². The highest BCUT2D eigenvalue weighted by molar-refractivity contribution is 5.46. The van der Waals surface area contributed by atoms with Crippen LogP contribution in [0.5, 0.6) is 0 Å². The van der Waals surface area contributed by atoms with Crippen LogP contribution in [0.4, 0.5) is 0 Å². The standard InChI is InChI=1S/C12H15N/c1-9-8-10(2)13(3)12-7-5-4-6-11(9)12/h4-8,12H,1-3H3. The molecule has 1 heterocycles. The van der Waals surface area contributed by atoms with Crippen LogP contribution in [0.3, 0.4) is 0 Å². The van der Waals surface area contributed by atoms with Crippen LogP contribution in [0.1, 0.15) is 13.8 Å². The van der Waals surface area contributed by atoms with Crippen molar-refractivity contribution in [3.05, 3.63) is 47.2 Å². The second-order valence-electron chi connectivity index (χ2n) is 3.72. The Hall–Kier alpha value is -1.24. The van der Waals surface area contributed by atoms with E-state index in [0.717, 1.165) is 0 Å². The van der Waals surface area contributed by atoms with Crippen LogP contribution >= 0.6 is 0 Å². The summed E-state index contributed by atoms with van der Waals surface area (Å²) in [4.78, 5) is 2.31. The van der Waals surface area contributed by atoms with Crippen LogP contribution in [-0.4, -0.2) is 18.0 Å². The Bertz CT molecular complexity index is 342. The van der Waals surface area contributed by atoms with E-state index < -0.39 is 0 Å². The van der Waals surface area contributed by atoms with Crippen molar-refractivity contribution in [1.82, 2.24) is 4.90 Å². The van der Waals surface area contributed by atoms with Crippen LogP contribution in [-0.2, 0) is 0 Å². The van der Waals surface area contributed by atoms with E-state index in [4.69, 9.17) is 0 Å². The summed E-state index contributed by atoms with van der Waals surface area (Å²) in [5, 5.41) is 0. The number of likely N-dealkylation sites (N-methyl/N-ethyl adjacent to an activating group) is 1. The van der Waals surface area contributed by atoms with Crippen LogP contribution in [0.25, 0.3) is 0 Å². The maximum absolute atomic E-state index is 2.31. The second kappa shape index (κ2) is 2.91. The zero-order chi connectivity index (χ0) is 9.42. The normalized spacial score (nSPS) is 26.2. The molecule has 0 spiro atoms. The number of rotatable bonds is 0. The molecule has 0 amide bonds. The van der Waals surface area contributed by atoms with Crippen LogP contribution in [0.2, 0.25) is 0 Å². The van der Waals surface area contributed by atoms with Gasteiger partial charge in [0.05, 0.1) is 6.04 Å². The number of fused-ring (bicyclic) bond motifs is 1. The lowest BCUT2D eigenvalue weighted by molar-refractivity contribution is 0.383. The number of hydrogen-bond acceptors (Lipinski definition) is 1. The Morgan fingerprint density at radius 1 is 1.23 bits per heavy atom. The average molecular weight is 173 g/mol. The van der Waals surface area contributed by atoms with E-state index in [1.807, 2.05) is 0 Å². The van der Waals surface area contributed by atoms with E-state index in [9.17, 15) is 0 Å². The van der Waals surface area contributed by atoms with Crippen molar-refractivity contribution in [1.29, 1.82) is 0 Å². The summed E-state index contributed by atoms with van der Waals surface area (Å²) in [6.07, 6.45) is 10.9. The first-order valence-electron chi connectivity index (χ1n) is 4.67. The molecule has 0 radical (unpaired) electrons. The van der Waals surface area contributed by atoms with E-state index >= 15 is 0 Å². The minimum Gasteiger partial charge on any atom is -0.368 e. The van der Waals surface area contributed by atoms with Crippen LogP contribution in [0.15, 0.2) is 47.2 Å². The molecule has 0 bridgehead atoms. The van der Waals surface area contributed by atoms with Crippen LogP contribution in [0, 0.1) is 0 Å². The fraction of sp³-hybridized carbons (Fsp3) is 0.333.